The van der Waals surface area contributed by atoms with Crippen LogP contribution in [0, 0.1) is 12.8 Å². The molecule has 0 radical (unpaired) electrons. The Hall–Kier alpha value is -1.45. The van der Waals surface area contributed by atoms with Crippen LogP contribution >= 0.6 is 0 Å². The first-order chi connectivity index (χ1) is 7.11. The largest absolute Gasteiger partial charge is 0.481 e. The third-order valence-electron chi connectivity index (χ3n) is 2.73. The van der Waals surface area contributed by atoms with Crippen molar-refractivity contribution < 1.29 is 9.90 Å². The number of aliphatic carboxylic acids is 1. The fraction of sp³-hybridized carbons (Fsp3) is 0.545. The van der Waals surface area contributed by atoms with Gasteiger partial charge in [-0.25, -0.2) is 9.97 Å². The van der Waals surface area contributed by atoms with E-state index < -0.39 is 5.97 Å². The van der Waals surface area contributed by atoms with Crippen LogP contribution in [0.4, 0.5) is 0 Å². The summed E-state index contributed by atoms with van der Waals surface area (Å²) in [6.45, 7) is 3.95. The maximum atomic E-state index is 10.7. The molecule has 2 rings (SSSR count). The molecule has 0 saturated heterocycles. The monoisotopic (exact) mass is 206 g/mol. The first kappa shape index (κ1) is 10.1. The lowest BCUT2D eigenvalue weighted by molar-refractivity contribution is -0.138. The maximum absolute atomic E-state index is 10.7. The van der Waals surface area contributed by atoms with E-state index in [-0.39, 0.29) is 11.8 Å². The standard InChI is InChI=1S/C11H14N2O2/c1-3-7-4-6(2)12-10(13-7)8-5-9(8)11(14)15/h4,8-9H,3,5H2,1-2H3,(H,14,15). The molecule has 80 valence electrons. The molecule has 0 aliphatic heterocycles. The normalized spacial score (nSPS) is 23.9. The fourth-order valence-corrected chi connectivity index (χ4v) is 1.76. The first-order valence-corrected chi connectivity index (χ1v) is 5.19. The highest BCUT2D eigenvalue weighted by Gasteiger charge is 2.46. The Morgan fingerprint density at radius 2 is 2.33 bits per heavy atom. The number of aromatic nitrogens is 2. The Morgan fingerprint density at radius 3 is 2.87 bits per heavy atom. The minimum atomic E-state index is -0.733. The highest BCUT2D eigenvalue weighted by Crippen LogP contribution is 2.46. The van der Waals surface area contributed by atoms with Crippen molar-refractivity contribution in [3.8, 4) is 0 Å². The van der Waals surface area contributed by atoms with Crippen LogP contribution in [-0.4, -0.2) is 21.0 Å². The number of hydrogen-bond donors (Lipinski definition) is 1. The van der Waals surface area contributed by atoms with Gasteiger partial charge in [-0.05, 0) is 25.8 Å². The van der Waals surface area contributed by atoms with E-state index in [0.717, 1.165) is 17.8 Å². The van der Waals surface area contributed by atoms with Crippen molar-refractivity contribution >= 4 is 5.97 Å². The summed E-state index contributed by atoms with van der Waals surface area (Å²) in [5.41, 5.74) is 1.92. The van der Waals surface area contributed by atoms with Crippen LogP contribution in [0.1, 0.15) is 36.5 Å². The summed E-state index contributed by atoms with van der Waals surface area (Å²) >= 11 is 0. The quantitative estimate of drug-likeness (QED) is 0.814. The van der Waals surface area contributed by atoms with Crippen LogP contribution in [0.5, 0.6) is 0 Å². The molecule has 2 atom stereocenters. The van der Waals surface area contributed by atoms with Crippen molar-refractivity contribution in [2.45, 2.75) is 32.6 Å². The molecule has 4 heteroatoms. The van der Waals surface area contributed by atoms with Crippen molar-refractivity contribution in [2.24, 2.45) is 5.92 Å². The van der Waals surface area contributed by atoms with Crippen molar-refractivity contribution in [3.63, 3.8) is 0 Å². The Bertz CT molecular complexity index is 404. The lowest BCUT2D eigenvalue weighted by Gasteiger charge is -2.02. The van der Waals surface area contributed by atoms with E-state index in [1.165, 1.54) is 0 Å². The van der Waals surface area contributed by atoms with Gasteiger partial charge in [-0.1, -0.05) is 6.92 Å². The number of hydrogen-bond acceptors (Lipinski definition) is 3. The number of aryl methyl sites for hydroxylation is 2. The highest BCUT2D eigenvalue weighted by atomic mass is 16.4. The highest BCUT2D eigenvalue weighted by molar-refractivity contribution is 5.74. The smallest absolute Gasteiger partial charge is 0.307 e. The number of nitrogens with zero attached hydrogens (tertiary/aromatic N) is 2. The molecular weight excluding hydrogens is 192 g/mol. The number of rotatable bonds is 3. The molecular formula is C11H14N2O2. The van der Waals surface area contributed by atoms with Crippen LogP contribution in [0.25, 0.3) is 0 Å². The zero-order valence-corrected chi connectivity index (χ0v) is 8.90. The van der Waals surface area contributed by atoms with Crippen LogP contribution in [0.15, 0.2) is 6.07 Å². The van der Waals surface area contributed by atoms with Gasteiger partial charge in [0.05, 0.1) is 5.92 Å². The summed E-state index contributed by atoms with van der Waals surface area (Å²) in [7, 11) is 0. The average molecular weight is 206 g/mol. The van der Waals surface area contributed by atoms with Gasteiger partial charge in [0.1, 0.15) is 5.82 Å². The molecule has 1 aliphatic carbocycles. The molecule has 0 bridgehead atoms. The van der Waals surface area contributed by atoms with Crippen molar-refractivity contribution in [1.82, 2.24) is 9.97 Å². The summed E-state index contributed by atoms with van der Waals surface area (Å²) in [5, 5.41) is 8.83. The topological polar surface area (TPSA) is 63.1 Å². The maximum Gasteiger partial charge on any atom is 0.307 e. The van der Waals surface area contributed by atoms with Gasteiger partial charge in [0, 0.05) is 17.3 Å². The van der Waals surface area contributed by atoms with Gasteiger partial charge in [-0.15, -0.1) is 0 Å². The van der Waals surface area contributed by atoms with Gasteiger partial charge < -0.3 is 5.11 Å². The van der Waals surface area contributed by atoms with Crippen molar-refractivity contribution in [3.05, 3.63) is 23.3 Å². The van der Waals surface area contributed by atoms with Crippen LogP contribution in [0.2, 0.25) is 0 Å². The van der Waals surface area contributed by atoms with E-state index in [0.29, 0.717) is 12.2 Å². The van der Waals surface area contributed by atoms with Crippen LogP contribution in [-0.2, 0) is 11.2 Å². The van der Waals surface area contributed by atoms with E-state index >= 15 is 0 Å². The van der Waals surface area contributed by atoms with Gasteiger partial charge in [0.15, 0.2) is 0 Å². The van der Waals surface area contributed by atoms with Gasteiger partial charge in [0.25, 0.3) is 0 Å². The molecule has 1 fully saturated rings. The number of carboxylic acid groups (broad SMARTS) is 1. The second kappa shape index (κ2) is 3.61. The van der Waals surface area contributed by atoms with Gasteiger partial charge >= 0.3 is 5.97 Å². The van der Waals surface area contributed by atoms with Crippen molar-refractivity contribution in [2.75, 3.05) is 0 Å². The summed E-state index contributed by atoms with van der Waals surface area (Å²) in [6.07, 6.45) is 1.54. The van der Waals surface area contributed by atoms with E-state index in [1.54, 1.807) is 0 Å². The molecule has 0 amide bonds. The predicted molar refractivity (Wildman–Crippen MR) is 54.6 cm³/mol. The third kappa shape index (κ3) is 1.98. The second-order valence-corrected chi connectivity index (χ2v) is 4.00. The molecule has 4 nitrogen and oxygen atoms in total. The van der Waals surface area contributed by atoms with E-state index in [1.807, 2.05) is 19.9 Å². The molecule has 1 aromatic rings. The van der Waals surface area contributed by atoms with Crippen LogP contribution < -0.4 is 0 Å². The lowest BCUT2D eigenvalue weighted by Crippen LogP contribution is -2.04. The van der Waals surface area contributed by atoms with Gasteiger partial charge in [0.2, 0.25) is 0 Å². The minimum absolute atomic E-state index is 0.0349. The molecule has 15 heavy (non-hydrogen) atoms. The summed E-state index contributed by atoms with van der Waals surface area (Å²) in [6, 6.07) is 1.95. The first-order valence-electron chi connectivity index (χ1n) is 5.19. The molecule has 1 N–H and O–H groups in total. The fourth-order valence-electron chi connectivity index (χ4n) is 1.76. The Morgan fingerprint density at radius 1 is 1.60 bits per heavy atom. The molecule has 1 heterocycles. The second-order valence-electron chi connectivity index (χ2n) is 4.00. The number of carbonyl (C=O) groups is 1. The average Bonchev–Trinajstić information content (AvgIpc) is 2.96. The zero-order chi connectivity index (χ0) is 11.0. The number of carboxylic acids is 1. The van der Waals surface area contributed by atoms with Crippen LogP contribution in [0.3, 0.4) is 0 Å². The SMILES string of the molecule is CCc1cc(C)nc(C2CC2C(=O)O)n1. The van der Waals surface area contributed by atoms with Gasteiger partial charge in [-0.2, -0.15) is 0 Å². The Labute approximate surface area is 88.4 Å². The zero-order valence-electron chi connectivity index (χ0n) is 8.90. The molecule has 1 saturated carbocycles. The van der Waals surface area contributed by atoms with Crippen molar-refractivity contribution in [1.29, 1.82) is 0 Å². The molecule has 1 aliphatic rings. The molecule has 0 aromatic carbocycles. The minimum Gasteiger partial charge on any atom is -0.481 e. The molecule has 1 aromatic heterocycles. The van der Waals surface area contributed by atoms with E-state index in [2.05, 4.69) is 9.97 Å². The van der Waals surface area contributed by atoms with E-state index in [4.69, 9.17) is 5.11 Å². The van der Waals surface area contributed by atoms with E-state index in [9.17, 15) is 4.79 Å². The summed E-state index contributed by atoms with van der Waals surface area (Å²) in [5.74, 6) is -0.258. The summed E-state index contributed by atoms with van der Waals surface area (Å²) in [4.78, 5) is 19.4. The Balaban J connectivity index is 2.23. The molecule has 0 spiro atoms. The summed E-state index contributed by atoms with van der Waals surface area (Å²) < 4.78 is 0. The molecule has 2 unspecified atom stereocenters. The lowest BCUT2D eigenvalue weighted by atomic mass is 10.2. The van der Waals surface area contributed by atoms with Gasteiger partial charge in [-0.3, -0.25) is 4.79 Å². The third-order valence-corrected chi connectivity index (χ3v) is 2.73. The Kier molecular flexibility index (Phi) is 2.42. The predicted octanol–water partition coefficient (Wildman–Crippen LogP) is 1.54.